The summed E-state index contributed by atoms with van der Waals surface area (Å²) in [5.74, 6) is -3.93. The summed E-state index contributed by atoms with van der Waals surface area (Å²) in [5.41, 5.74) is 6.47. The van der Waals surface area contributed by atoms with Gasteiger partial charge in [-0.1, -0.05) is 44.2 Å². The largest absolute Gasteiger partial charge is 0.481 e. The van der Waals surface area contributed by atoms with Crippen molar-refractivity contribution >= 4 is 23.8 Å². The van der Waals surface area contributed by atoms with Crippen molar-refractivity contribution in [1.29, 1.82) is 0 Å². The molecule has 1 rings (SSSR count). The van der Waals surface area contributed by atoms with Crippen LogP contribution < -0.4 is 16.4 Å². The van der Waals surface area contributed by atoms with Gasteiger partial charge in [0.1, 0.15) is 12.1 Å². The first kappa shape index (κ1) is 23.1. The van der Waals surface area contributed by atoms with E-state index in [0.717, 1.165) is 0 Å². The first-order valence-electron chi connectivity index (χ1n) is 8.96. The summed E-state index contributed by atoms with van der Waals surface area (Å²) >= 11 is 0. The van der Waals surface area contributed by atoms with Gasteiger partial charge in [0.05, 0.1) is 6.04 Å². The van der Waals surface area contributed by atoms with E-state index in [4.69, 9.17) is 10.8 Å². The number of amides is 2. The molecular formula is C19H27N3O6. The summed E-state index contributed by atoms with van der Waals surface area (Å²) in [6.07, 6.45) is -0.506. The van der Waals surface area contributed by atoms with Crippen LogP contribution in [0, 0.1) is 5.92 Å². The third-order valence-electron chi connectivity index (χ3n) is 4.20. The van der Waals surface area contributed by atoms with Crippen molar-refractivity contribution in [2.24, 2.45) is 11.7 Å². The minimum atomic E-state index is -1.24. The SMILES string of the molecule is CC(C)C(N)C(=O)NC(CCC(=O)O)C(=O)NC(Cc1ccccc1)C(=O)O. The van der Waals surface area contributed by atoms with Gasteiger partial charge in [0, 0.05) is 12.8 Å². The summed E-state index contributed by atoms with van der Waals surface area (Å²) in [5, 5.41) is 23.1. The molecule has 0 spiro atoms. The van der Waals surface area contributed by atoms with Crippen LogP contribution in [0.1, 0.15) is 32.3 Å². The van der Waals surface area contributed by atoms with E-state index in [0.29, 0.717) is 5.56 Å². The average Bonchev–Trinajstić information content (AvgIpc) is 2.63. The maximum absolute atomic E-state index is 12.6. The highest BCUT2D eigenvalue weighted by Gasteiger charge is 2.29. The molecule has 0 aliphatic carbocycles. The number of hydrogen-bond donors (Lipinski definition) is 5. The molecule has 2 amide bonds. The normalized spacial score (nSPS) is 14.0. The standard InChI is InChI=1S/C19H27N3O6/c1-11(2)16(20)18(26)21-13(8-9-15(23)24)17(25)22-14(19(27)28)10-12-6-4-3-5-7-12/h3-7,11,13-14,16H,8-10,20H2,1-2H3,(H,21,26)(H,22,25)(H,23,24)(H,27,28). The summed E-state index contributed by atoms with van der Waals surface area (Å²) in [6.45, 7) is 3.47. The second-order valence-corrected chi connectivity index (χ2v) is 6.85. The number of benzene rings is 1. The molecule has 0 bridgehead atoms. The number of aliphatic carboxylic acids is 2. The molecule has 3 atom stereocenters. The Labute approximate surface area is 163 Å². The smallest absolute Gasteiger partial charge is 0.326 e. The van der Waals surface area contributed by atoms with E-state index in [1.807, 2.05) is 0 Å². The highest BCUT2D eigenvalue weighted by molar-refractivity contribution is 5.92. The van der Waals surface area contributed by atoms with Gasteiger partial charge in [-0.2, -0.15) is 0 Å². The van der Waals surface area contributed by atoms with E-state index < -0.39 is 41.9 Å². The second-order valence-electron chi connectivity index (χ2n) is 6.85. The molecular weight excluding hydrogens is 366 g/mol. The lowest BCUT2D eigenvalue weighted by Crippen LogP contribution is -2.55. The van der Waals surface area contributed by atoms with Gasteiger partial charge in [-0.3, -0.25) is 14.4 Å². The van der Waals surface area contributed by atoms with Crippen molar-refractivity contribution in [3.8, 4) is 0 Å². The second kappa shape index (κ2) is 11.0. The monoisotopic (exact) mass is 393 g/mol. The Morgan fingerprint density at radius 1 is 0.964 bits per heavy atom. The van der Waals surface area contributed by atoms with E-state index in [2.05, 4.69) is 10.6 Å². The Hall–Kier alpha value is -2.94. The topological polar surface area (TPSA) is 159 Å². The average molecular weight is 393 g/mol. The van der Waals surface area contributed by atoms with Crippen LogP contribution in [0.4, 0.5) is 0 Å². The Kier molecular flexibility index (Phi) is 9.10. The van der Waals surface area contributed by atoms with E-state index in [1.165, 1.54) is 0 Å². The van der Waals surface area contributed by atoms with Gasteiger partial charge in [0.15, 0.2) is 0 Å². The molecule has 28 heavy (non-hydrogen) atoms. The quantitative estimate of drug-likeness (QED) is 0.357. The van der Waals surface area contributed by atoms with Gasteiger partial charge >= 0.3 is 11.9 Å². The van der Waals surface area contributed by atoms with Crippen LogP contribution in [0.5, 0.6) is 0 Å². The third-order valence-corrected chi connectivity index (χ3v) is 4.20. The van der Waals surface area contributed by atoms with Gasteiger partial charge in [-0.25, -0.2) is 4.79 Å². The molecule has 9 nitrogen and oxygen atoms in total. The van der Waals surface area contributed by atoms with Crippen molar-refractivity contribution in [1.82, 2.24) is 10.6 Å². The highest BCUT2D eigenvalue weighted by atomic mass is 16.4. The molecule has 0 aromatic heterocycles. The molecule has 6 N–H and O–H groups in total. The predicted molar refractivity (Wildman–Crippen MR) is 101 cm³/mol. The number of nitrogens with one attached hydrogen (secondary N) is 2. The van der Waals surface area contributed by atoms with Gasteiger partial charge in [-0.05, 0) is 17.9 Å². The molecule has 0 saturated carbocycles. The molecule has 3 unspecified atom stereocenters. The fraction of sp³-hybridized carbons (Fsp3) is 0.474. The van der Waals surface area contributed by atoms with E-state index in [1.54, 1.807) is 44.2 Å². The summed E-state index contributed by atoms with van der Waals surface area (Å²) < 4.78 is 0. The molecule has 0 aliphatic heterocycles. The number of carbonyl (C=O) groups excluding carboxylic acids is 2. The molecule has 0 heterocycles. The van der Waals surface area contributed by atoms with Crippen LogP contribution >= 0.6 is 0 Å². The zero-order valence-electron chi connectivity index (χ0n) is 15.9. The van der Waals surface area contributed by atoms with E-state index >= 15 is 0 Å². The number of nitrogens with two attached hydrogens (primary N) is 1. The minimum Gasteiger partial charge on any atom is -0.481 e. The van der Waals surface area contributed by atoms with Crippen molar-refractivity contribution in [2.45, 2.75) is 51.2 Å². The van der Waals surface area contributed by atoms with E-state index in [9.17, 15) is 24.3 Å². The third kappa shape index (κ3) is 7.75. The van der Waals surface area contributed by atoms with Crippen LogP contribution in [0.3, 0.4) is 0 Å². The highest BCUT2D eigenvalue weighted by Crippen LogP contribution is 2.06. The molecule has 154 valence electrons. The van der Waals surface area contributed by atoms with Gasteiger partial charge in [-0.15, -0.1) is 0 Å². The molecule has 0 aliphatic rings. The van der Waals surface area contributed by atoms with Crippen LogP contribution in [-0.2, 0) is 25.6 Å². The zero-order valence-corrected chi connectivity index (χ0v) is 15.9. The van der Waals surface area contributed by atoms with Crippen LogP contribution in [0.25, 0.3) is 0 Å². The molecule has 0 saturated heterocycles. The van der Waals surface area contributed by atoms with Gasteiger partial charge in [0.2, 0.25) is 11.8 Å². The minimum absolute atomic E-state index is 0.0486. The number of carboxylic acids is 2. The predicted octanol–water partition coefficient (Wildman–Crippen LogP) is 0.131. The lowest BCUT2D eigenvalue weighted by molar-refractivity contribution is -0.143. The molecule has 1 aromatic carbocycles. The molecule has 1 aromatic rings. The first-order chi connectivity index (χ1) is 13.1. The summed E-state index contributed by atoms with van der Waals surface area (Å²) in [7, 11) is 0. The van der Waals surface area contributed by atoms with Gasteiger partial charge in [0.25, 0.3) is 0 Å². The van der Waals surface area contributed by atoms with Crippen LogP contribution in [0.2, 0.25) is 0 Å². The Morgan fingerprint density at radius 2 is 1.54 bits per heavy atom. The van der Waals surface area contributed by atoms with Crippen molar-refractivity contribution < 1.29 is 29.4 Å². The summed E-state index contributed by atoms with van der Waals surface area (Å²) in [4.78, 5) is 47.1. The number of carbonyl (C=O) groups is 4. The first-order valence-corrected chi connectivity index (χ1v) is 8.96. The maximum atomic E-state index is 12.6. The maximum Gasteiger partial charge on any atom is 0.326 e. The fourth-order valence-corrected chi connectivity index (χ4v) is 2.43. The van der Waals surface area contributed by atoms with Gasteiger partial charge < -0.3 is 26.6 Å². The van der Waals surface area contributed by atoms with E-state index in [-0.39, 0.29) is 25.2 Å². The van der Waals surface area contributed by atoms with Crippen LogP contribution in [-0.4, -0.2) is 52.1 Å². The lowest BCUT2D eigenvalue weighted by Gasteiger charge is -2.23. The Bertz CT molecular complexity index is 692. The molecule has 9 heteroatoms. The number of carboxylic acid groups (broad SMARTS) is 2. The Balaban J connectivity index is 2.88. The lowest BCUT2D eigenvalue weighted by atomic mass is 10.0. The van der Waals surface area contributed by atoms with Crippen LogP contribution in [0.15, 0.2) is 30.3 Å². The Morgan fingerprint density at radius 3 is 2.04 bits per heavy atom. The molecule has 0 fully saturated rings. The fourth-order valence-electron chi connectivity index (χ4n) is 2.43. The zero-order chi connectivity index (χ0) is 21.3. The number of rotatable bonds is 11. The van der Waals surface area contributed by atoms with Crippen molar-refractivity contribution in [2.75, 3.05) is 0 Å². The number of hydrogen-bond acceptors (Lipinski definition) is 5. The molecule has 0 radical (unpaired) electrons. The van der Waals surface area contributed by atoms with Crippen molar-refractivity contribution in [3.63, 3.8) is 0 Å². The summed E-state index contributed by atoms with van der Waals surface area (Å²) in [6, 6.07) is 5.44. The van der Waals surface area contributed by atoms with Crippen molar-refractivity contribution in [3.05, 3.63) is 35.9 Å².